The molecule has 0 radical (unpaired) electrons. The third-order valence-corrected chi connectivity index (χ3v) is 5.82. The Labute approximate surface area is 169 Å². The summed E-state index contributed by atoms with van der Waals surface area (Å²) >= 11 is 3.47. The molecule has 1 amide bonds. The van der Waals surface area contributed by atoms with E-state index in [4.69, 9.17) is 9.47 Å². The van der Waals surface area contributed by atoms with Crippen molar-refractivity contribution in [3.63, 3.8) is 0 Å². The Morgan fingerprint density at radius 1 is 1.19 bits per heavy atom. The number of ether oxygens (including phenoxy) is 2. The van der Waals surface area contributed by atoms with Gasteiger partial charge in [0.2, 0.25) is 5.91 Å². The van der Waals surface area contributed by atoms with E-state index >= 15 is 0 Å². The number of carbonyl (C=O) groups is 1. The minimum absolute atomic E-state index is 0.0831. The summed E-state index contributed by atoms with van der Waals surface area (Å²) < 4.78 is 12.0. The molecular formula is C22H26BrNO3. The Balaban J connectivity index is 1.72. The largest absolute Gasteiger partial charge is 0.496 e. The van der Waals surface area contributed by atoms with Crippen molar-refractivity contribution in [1.29, 1.82) is 0 Å². The number of amides is 1. The predicted molar refractivity (Wildman–Crippen MR) is 110 cm³/mol. The molecule has 1 heterocycles. The minimum Gasteiger partial charge on any atom is -0.496 e. The van der Waals surface area contributed by atoms with Crippen molar-refractivity contribution in [1.82, 2.24) is 5.32 Å². The number of benzene rings is 2. The van der Waals surface area contributed by atoms with Gasteiger partial charge in [-0.15, -0.1) is 0 Å². The van der Waals surface area contributed by atoms with Crippen molar-refractivity contribution in [2.75, 3.05) is 26.9 Å². The third-order valence-electron chi connectivity index (χ3n) is 5.29. The van der Waals surface area contributed by atoms with E-state index in [2.05, 4.69) is 34.2 Å². The molecule has 4 nitrogen and oxygen atoms in total. The van der Waals surface area contributed by atoms with E-state index in [9.17, 15) is 4.79 Å². The normalized spacial score (nSPS) is 16.0. The molecule has 3 rings (SSSR count). The summed E-state index contributed by atoms with van der Waals surface area (Å²) in [6, 6.07) is 14.2. The summed E-state index contributed by atoms with van der Waals surface area (Å²) in [5.41, 5.74) is 2.84. The van der Waals surface area contributed by atoms with E-state index in [1.54, 1.807) is 7.11 Å². The monoisotopic (exact) mass is 431 g/mol. The first-order chi connectivity index (χ1) is 13.0. The lowest BCUT2D eigenvalue weighted by Gasteiger charge is -2.36. The summed E-state index contributed by atoms with van der Waals surface area (Å²) in [6.07, 6.45) is 2.14. The molecule has 0 atom stereocenters. The SMILES string of the molecule is COc1ccc(C)cc1CCNC(=O)C1(c2ccc(Br)cc2)CCOCC1. The van der Waals surface area contributed by atoms with E-state index in [0.717, 1.165) is 27.8 Å². The maximum Gasteiger partial charge on any atom is 0.230 e. The zero-order chi connectivity index (χ0) is 19.3. The van der Waals surface area contributed by atoms with Crippen molar-refractivity contribution < 1.29 is 14.3 Å². The number of nitrogens with one attached hydrogen (secondary N) is 1. The molecule has 0 saturated carbocycles. The lowest BCUT2D eigenvalue weighted by atomic mass is 9.73. The summed E-state index contributed by atoms with van der Waals surface area (Å²) in [5, 5.41) is 3.16. The van der Waals surface area contributed by atoms with Crippen LogP contribution in [0, 0.1) is 6.92 Å². The van der Waals surface area contributed by atoms with Crippen LogP contribution in [0.3, 0.4) is 0 Å². The first-order valence-corrected chi connectivity index (χ1v) is 10.1. The highest BCUT2D eigenvalue weighted by molar-refractivity contribution is 9.10. The van der Waals surface area contributed by atoms with E-state index in [1.807, 2.05) is 36.4 Å². The molecule has 1 saturated heterocycles. The van der Waals surface area contributed by atoms with Crippen LogP contribution in [0.25, 0.3) is 0 Å². The zero-order valence-electron chi connectivity index (χ0n) is 15.9. The van der Waals surface area contributed by atoms with Crippen molar-refractivity contribution >= 4 is 21.8 Å². The van der Waals surface area contributed by atoms with Crippen LogP contribution < -0.4 is 10.1 Å². The van der Waals surface area contributed by atoms with Crippen LogP contribution >= 0.6 is 15.9 Å². The number of hydrogen-bond donors (Lipinski definition) is 1. The second-order valence-corrected chi connectivity index (χ2v) is 7.94. The third kappa shape index (κ3) is 4.53. The zero-order valence-corrected chi connectivity index (χ0v) is 17.5. The van der Waals surface area contributed by atoms with Gasteiger partial charge in [0.25, 0.3) is 0 Å². The number of carbonyl (C=O) groups excluding carboxylic acids is 1. The van der Waals surface area contributed by atoms with Crippen LogP contribution in [0.5, 0.6) is 5.75 Å². The van der Waals surface area contributed by atoms with Gasteiger partial charge in [-0.2, -0.15) is 0 Å². The fraction of sp³-hybridized carbons (Fsp3) is 0.409. The molecule has 1 aliphatic heterocycles. The van der Waals surface area contributed by atoms with Gasteiger partial charge in [0.1, 0.15) is 5.75 Å². The van der Waals surface area contributed by atoms with E-state index in [1.165, 1.54) is 5.56 Å². The maximum absolute atomic E-state index is 13.2. The lowest BCUT2D eigenvalue weighted by molar-refractivity contribution is -0.130. The van der Waals surface area contributed by atoms with E-state index < -0.39 is 5.41 Å². The minimum atomic E-state index is -0.518. The molecule has 144 valence electrons. The molecule has 0 bridgehead atoms. The molecule has 0 aliphatic carbocycles. The van der Waals surface area contributed by atoms with Crippen molar-refractivity contribution in [2.24, 2.45) is 0 Å². The van der Waals surface area contributed by atoms with Crippen LogP contribution in [0.2, 0.25) is 0 Å². The highest BCUT2D eigenvalue weighted by Gasteiger charge is 2.41. The molecule has 2 aromatic rings. The average Bonchev–Trinajstić information content (AvgIpc) is 2.69. The van der Waals surface area contributed by atoms with Crippen LogP contribution in [0.15, 0.2) is 46.9 Å². The Hall–Kier alpha value is -1.85. The lowest BCUT2D eigenvalue weighted by Crippen LogP contribution is -2.48. The van der Waals surface area contributed by atoms with Gasteiger partial charge in [-0.1, -0.05) is 45.8 Å². The Morgan fingerprint density at radius 3 is 2.56 bits per heavy atom. The van der Waals surface area contributed by atoms with Gasteiger partial charge in [-0.05, 0) is 55.5 Å². The molecule has 1 aliphatic rings. The number of hydrogen-bond acceptors (Lipinski definition) is 3. The fourth-order valence-electron chi connectivity index (χ4n) is 3.72. The first kappa shape index (κ1) is 19.9. The smallest absolute Gasteiger partial charge is 0.230 e. The number of aryl methyl sites for hydroxylation is 1. The van der Waals surface area contributed by atoms with E-state index in [-0.39, 0.29) is 5.91 Å². The van der Waals surface area contributed by atoms with Gasteiger partial charge in [-0.3, -0.25) is 4.79 Å². The van der Waals surface area contributed by atoms with Crippen molar-refractivity contribution in [3.05, 3.63) is 63.6 Å². The van der Waals surface area contributed by atoms with Gasteiger partial charge in [-0.25, -0.2) is 0 Å². The van der Waals surface area contributed by atoms with Gasteiger partial charge in [0.05, 0.1) is 12.5 Å². The van der Waals surface area contributed by atoms with Gasteiger partial charge in [0.15, 0.2) is 0 Å². The summed E-state index contributed by atoms with van der Waals surface area (Å²) in [7, 11) is 1.68. The summed E-state index contributed by atoms with van der Waals surface area (Å²) in [4.78, 5) is 13.2. The van der Waals surface area contributed by atoms with Gasteiger partial charge < -0.3 is 14.8 Å². The van der Waals surface area contributed by atoms with E-state index in [0.29, 0.717) is 32.6 Å². The Bertz CT molecular complexity index is 783. The first-order valence-electron chi connectivity index (χ1n) is 9.31. The van der Waals surface area contributed by atoms with Crippen LogP contribution in [-0.2, 0) is 21.4 Å². The molecule has 0 aromatic heterocycles. The molecule has 1 N–H and O–H groups in total. The maximum atomic E-state index is 13.2. The van der Waals surface area contributed by atoms with Crippen LogP contribution in [0.1, 0.15) is 29.5 Å². The molecule has 27 heavy (non-hydrogen) atoms. The van der Waals surface area contributed by atoms with Crippen molar-refractivity contribution in [3.8, 4) is 5.75 Å². The number of methoxy groups -OCH3 is 1. The number of halogens is 1. The molecular weight excluding hydrogens is 406 g/mol. The average molecular weight is 432 g/mol. The summed E-state index contributed by atoms with van der Waals surface area (Å²) in [5.74, 6) is 0.947. The predicted octanol–water partition coefficient (Wildman–Crippen LogP) is 4.17. The topological polar surface area (TPSA) is 47.6 Å². The number of rotatable bonds is 6. The Kier molecular flexibility index (Phi) is 6.55. The highest BCUT2D eigenvalue weighted by atomic mass is 79.9. The molecule has 2 aromatic carbocycles. The molecule has 5 heteroatoms. The molecule has 0 unspecified atom stereocenters. The Morgan fingerprint density at radius 2 is 1.89 bits per heavy atom. The standard InChI is InChI=1S/C22H26BrNO3/c1-16-3-8-20(26-2)17(15-16)9-12-24-21(25)22(10-13-27-14-11-22)18-4-6-19(23)7-5-18/h3-8,15H,9-14H2,1-2H3,(H,24,25). The quantitative estimate of drug-likeness (QED) is 0.746. The van der Waals surface area contributed by atoms with Gasteiger partial charge in [0, 0.05) is 24.2 Å². The molecule has 0 spiro atoms. The second kappa shape index (κ2) is 8.89. The van der Waals surface area contributed by atoms with Crippen molar-refractivity contribution in [2.45, 2.75) is 31.6 Å². The van der Waals surface area contributed by atoms with Crippen LogP contribution in [0.4, 0.5) is 0 Å². The van der Waals surface area contributed by atoms with Crippen LogP contribution in [-0.4, -0.2) is 32.8 Å². The molecule has 1 fully saturated rings. The fourth-order valence-corrected chi connectivity index (χ4v) is 3.98. The highest BCUT2D eigenvalue weighted by Crippen LogP contribution is 2.35. The second-order valence-electron chi connectivity index (χ2n) is 7.02. The van der Waals surface area contributed by atoms with Gasteiger partial charge >= 0.3 is 0 Å². The summed E-state index contributed by atoms with van der Waals surface area (Å²) in [6.45, 7) is 3.86.